The number of fused-ring (bicyclic) bond motifs is 1. The molecule has 0 bridgehead atoms. The summed E-state index contributed by atoms with van der Waals surface area (Å²) in [5, 5.41) is 9.17. The molecule has 2 heterocycles. The van der Waals surface area contributed by atoms with E-state index in [1.807, 2.05) is 66.9 Å². The van der Waals surface area contributed by atoms with E-state index in [0.29, 0.717) is 17.1 Å². The van der Waals surface area contributed by atoms with E-state index in [4.69, 9.17) is 22.3 Å². The van der Waals surface area contributed by atoms with Crippen LogP contribution in [0.5, 0.6) is 0 Å². The molecule has 0 saturated heterocycles. The maximum atomic E-state index is 12.1. The van der Waals surface area contributed by atoms with Gasteiger partial charge < -0.3 is 15.6 Å². The molecule has 0 spiro atoms. The highest BCUT2D eigenvalue weighted by atomic mass is 35.5. The molecule has 0 saturated carbocycles. The monoisotopic (exact) mass is 472 g/mol. The smallest absolute Gasteiger partial charge is 0.250 e. The van der Waals surface area contributed by atoms with Crippen LogP contribution in [0.4, 0.5) is 10.8 Å². The Hall–Kier alpha value is -3.61. The average molecular weight is 473 g/mol. The zero-order valence-corrected chi connectivity index (χ0v) is 19.5. The first kappa shape index (κ1) is 21.2. The molecular formula is C26H21ClN4OS. The molecule has 0 aliphatic rings. The van der Waals surface area contributed by atoms with Crippen molar-refractivity contribution in [2.45, 2.75) is 13.5 Å². The largest absolute Gasteiger partial charge is 0.366 e. The average Bonchev–Trinajstić information content (AvgIpc) is 3.39. The molecule has 3 aromatic carbocycles. The van der Waals surface area contributed by atoms with Gasteiger partial charge in [0, 0.05) is 33.7 Å². The number of hydrogen-bond donors (Lipinski definition) is 2. The van der Waals surface area contributed by atoms with Gasteiger partial charge in [-0.2, -0.15) is 0 Å². The number of anilines is 2. The Morgan fingerprint density at radius 3 is 2.70 bits per heavy atom. The van der Waals surface area contributed by atoms with E-state index >= 15 is 0 Å². The van der Waals surface area contributed by atoms with Crippen LogP contribution in [0.15, 0.2) is 78.2 Å². The molecule has 3 N–H and O–H groups in total. The summed E-state index contributed by atoms with van der Waals surface area (Å²) in [7, 11) is 0. The van der Waals surface area contributed by atoms with Crippen molar-refractivity contribution in [3.63, 3.8) is 0 Å². The van der Waals surface area contributed by atoms with Gasteiger partial charge in [-0.1, -0.05) is 60.1 Å². The minimum absolute atomic E-state index is 0.456. The third-order valence-corrected chi connectivity index (χ3v) is 6.65. The lowest BCUT2D eigenvalue weighted by Crippen LogP contribution is -2.12. The number of nitrogens with zero attached hydrogens (tertiary/aromatic N) is 2. The molecule has 33 heavy (non-hydrogen) atoms. The fourth-order valence-electron chi connectivity index (χ4n) is 4.03. The molecular weight excluding hydrogens is 452 g/mol. The maximum absolute atomic E-state index is 12.1. The van der Waals surface area contributed by atoms with Crippen LogP contribution in [-0.4, -0.2) is 15.5 Å². The molecule has 7 heteroatoms. The Morgan fingerprint density at radius 2 is 1.88 bits per heavy atom. The summed E-state index contributed by atoms with van der Waals surface area (Å²) < 4.78 is 2.06. The molecule has 5 aromatic rings. The van der Waals surface area contributed by atoms with E-state index in [1.165, 1.54) is 11.3 Å². The van der Waals surface area contributed by atoms with Crippen LogP contribution in [0.3, 0.4) is 0 Å². The van der Waals surface area contributed by atoms with Crippen LogP contribution in [0.25, 0.3) is 22.2 Å². The highest BCUT2D eigenvalue weighted by Crippen LogP contribution is 2.33. The van der Waals surface area contributed by atoms with Crippen LogP contribution in [-0.2, 0) is 6.54 Å². The van der Waals surface area contributed by atoms with Crippen LogP contribution in [0.1, 0.15) is 21.6 Å². The van der Waals surface area contributed by atoms with Gasteiger partial charge in [0.15, 0.2) is 5.13 Å². The molecule has 5 nitrogen and oxygen atoms in total. The predicted octanol–water partition coefficient (Wildman–Crippen LogP) is 6.62. The number of carbonyl (C=O) groups excluding carboxylic acids is 1. The number of benzene rings is 3. The molecule has 164 valence electrons. The number of nitrogens with one attached hydrogen (secondary N) is 1. The zero-order chi connectivity index (χ0) is 22.9. The molecule has 2 aromatic heterocycles. The van der Waals surface area contributed by atoms with Crippen LogP contribution < -0.4 is 11.1 Å². The third kappa shape index (κ3) is 4.23. The van der Waals surface area contributed by atoms with Crippen molar-refractivity contribution >= 4 is 50.4 Å². The Labute approximate surface area is 200 Å². The van der Waals surface area contributed by atoms with Crippen molar-refractivity contribution < 1.29 is 4.79 Å². The minimum Gasteiger partial charge on any atom is -0.366 e. The van der Waals surface area contributed by atoms with Gasteiger partial charge in [0.1, 0.15) is 0 Å². The van der Waals surface area contributed by atoms with Crippen LogP contribution in [0.2, 0.25) is 5.02 Å². The van der Waals surface area contributed by atoms with E-state index in [2.05, 4.69) is 28.1 Å². The number of aromatic nitrogens is 2. The molecule has 0 aliphatic carbocycles. The Bertz CT molecular complexity index is 1480. The predicted molar refractivity (Wildman–Crippen MR) is 137 cm³/mol. The number of hydrogen-bond acceptors (Lipinski definition) is 4. The van der Waals surface area contributed by atoms with Gasteiger partial charge >= 0.3 is 0 Å². The molecule has 1 amide bonds. The van der Waals surface area contributed by atoms with Gasteiger partial charge in [-0.3, -0.25) is 4.79 Å². The standard InChI is InChI=1S/C26H21ClN4OS/c1-16-21(25(28)32)13-24(31(16)14-17-6-4-9-19(27)12-17)23-15-33-26(30-23)29-22-11-5-8-18-7-2-3-10-20(18)22/h2-13,15H,14H2,1H3,(H2,28,32)(H,29,30). The lowest BCUT2D eigenvalue weighted by atomic mass is 10.1. The van der Waals surface area contributed by atoms with Crippen molar-refractivity contribution in [3.8, 4) is 11.4 Å². The van der Waals surface area contributed by atoms with Crippen molar-refractivity contribution in [1.29, 1.82) is 0 Å². The molecule has 0 unspecified atom stereocenters. The SMILES string of the molecule is Cc1c(C(N)=O)cc(-c2csc(Nc3cccc4ccccc34)n2)n1Cc1cccc(Cl)c1. The number of halogens is 1. The summed E-state index contributed by atoms with van der Waals surface area (Å²) in [5.41, 5.74) is 10.6. The van der Waals surface area contributed by atoms with E-state index in [0.717, 1.165) is 44.2 Å². The van der Waals surface area contributed by atoms with Crippen molar-refractivity contribution in [1.82, 2.24) is 9.55 Å². The summed E-state index contributed by atoms with van der Waals surface area (Å²) in [6.45, 7) is 2.45. The highest BCUT2D eigenvalue weighted by Gasteiger charge is 2.19. The summed E-state index contributed by atoms with van der Waals surface area (Å²) in [5.74, 6) is -0.456. The van der Waals surface area contributed by atoms with E-state index in [9.17, 15) is 4.79 Å². The fraction of sp³-hybridized carbons (Fsp3) is 0.0769. The second-order valence-corrected chi connectivity index (χ2v) is 9.09. The Balaban J connectivity index is 1.52. The first-order valence-electron chi connectivity index (χ1n) is 10.4. The molecule has 0 fully saturated rings. The number of nitrogens with two attached hydrogens (primary N) is 1. The molecule has 5 rings (SSSR count). The van der Waals surface area contributed by atoms with Gasteiger partial charge in [0.05, 0.1) is 17.0 Å². The molecule has 0 atom stereocenters. The number of carbonyl (C=O) groups is 1. The number of rotatable bonds is 6. The topological polar surface area (TPSA) is 72.9 Å². The lowest BCUT2D eigenvalue weighted by molar-refractivity contribution is 0.0999. The van der Waals surface area contributed by atoms with Gasteiger partial charge in [-0.25, -0.2) is 4.98 Å². The number of amides is 1. The summed E-state index contributed by atoms with van der Waals surface area (Å²) in [6, 6.07) is 23.9. The Kier molecular flexibility index (Phi) is 5.62. The van der Waals surface area contributed by atoms with E-state index in [-0.39, 0.29) is 0 Å². The highest BCUT2D eigenvalue weighted by molar-refractivity contribution is 7.14. The quantitative estimate of drug-likeness (QED) is 0.291. The van der Waals surface area contributed by atoms with Crippen molar-refractivity contribution in [3.05, 3.63) is 100 Å². The fourth-order valence-corrected chi connectivity index (χ4v) is 4.96. The summed E-state index contributed by atoms with van der Waals surface area (Å²) in [4.78, 5) is 16.9. The van der Waals surface area contributed by atoms with E-state index in [1.54, 1.807) is 0 Å². The molecule has 0 radical (unpaired) electrons. The summed E-state index contributed by atoms with van der Waals surface area (Å²) >= 11 is 7.70. The molecule has 0 aliphatic heterocycles. The second kappa shape index (κ2) is 8.73. The van der Waals surface area contributed by atoms with Gasteiger partial charge in [-0.15, -0.1) is 11.3 Å². The second-order valence-electron chi connectivity index (χ2n) is 7.80. The number of primary amides is 1. The first-order chi connectivity index (χ1) is 16.0. The normalized spacial score (nSPS) is 11.1. The van der Waals surface area contributed by atoms with Crippen LogP contribution in [0, 0.1) is 6.92 Å². The van der Waals surface area contributed by atoms with Crippen molar-refractivity contribution in [2.24, 2.45) is 5.73 Å². The lowest BCUT2D eigenvalue weighted by Gasteiger charge is -2.11. The number of thiazole rings is 1. The first-order valence-corrected chi connectivity index (χ1v) is 11.7. The van der Waals surface area contributed by atoms with Gasteiger partial charge in [0.2, 0.25) is 0 Å². The van der Waals surface area contributed by atoms with E-state index < -0.39 is 5.91 Å². The van der Waals surface area contributed by atoms with Gasteiger partial charge in [0.25, 0.3) is 5.91 Å². The summed E-state index contributed by atoms with van der Waals surface area (Å²) in [6.07, 6.45) is 0. The Morgan fingerprint density at radius 1 is 1.09 bits per heavy atom. The zero-order valence-electron chi connectivity index (χ0n) is 17.9. The van der Waals surface area contributed by atoms with Crippen molar-refractivity contribution in [2.75, 3.05) is 5.32 Å². The third-order valence-electron chi connectivity index (χ3n) is 5.66. The van der Waals surface area contributed by atoms with Gasteiger partial charge in [-0.05, 0) is 42.1 Å². The minimum atomic E-state index is -0.456. The maximum Gasteiger partial charge on any atom is 0.250 e. The van der Waals surface area contributed by atoms with Crippen LogP contribution >= 0.6 is 22.9 Å².